The van der Waals surface area contributed by atoms with Crippen molar-refractivity contribution < 1.29 is 9.15 Å². The van der Waals surface area contributed by atoms with Crippen LogP contribution >= 0.6 is 24.0 Å². The van der Waals surface area contributed by atoms with Gasteiger partial charge in [0.05, 0.1) is 13.4 Å². The summed E-state index contributed by atoms with van der Waals surface area (Å²) in [4.78, 5) is 7.93. The van der Waals surface area contributed by atoms with Gasteiger partial charge >= 0.3 is 0 Å². The number of hydrogen-bond acceptors (Lipinski definition) is 3. The van der Waals surface area contributed by atoms with Crippen molar-refractivity contribution in [2.45, 2.75) is 26.2 Å². The molecule has 0 aliphatic heterocycles. The lowest BCUT2D eigenvalue weighted by Gasteiger charge is -2.12. The van der Waals surface area contributed by atoms with Crippen molar-refractivity contribution in [1.29, 1.82) is 0 Å². The number of nitrogens with one attached hydrogen (secondary N) is 3. The summed E-state index contributed by atoms with van der Waals surface area (Å²) in [5.74, 6) is 2.72. The van der Waals surface area contributed by atoms with Gasteiger partial charge in [-0.15, -0.1) is 24.0 Å². The highest BCUT2D eigenvalue weighted by Gasteiger charge is 2.09. The number of aromatic amines is 1. The number of H-pyrrole nitrogens is 1. The van der Waals surface area contributed by atoms with E-state index in [0.717, 1.165) is 67.3 Å². The number of hydrogen-bond donors (Lipinski definition) is 3. The van der Waals surface area contributed by atoms with Crippen LogP contribution in [0.3, 0.4) is 0 Å². The minimum Gasteiger partial charge on any atom is -0.496 e. The van der Waals surface area contributed by atoms with E-state index in [2.05, 4.69) is 39.8 Å². The Morgan fingerprint density at radius 1 is 1.14 bits per heavy atom. The highest BCUT2D eigenvalue weighted by atomic mass is 127. The Hall–Kier alpha value is -2.16. The van der Waals surface area contributed by atoms with Gasteiger partial charge in [0.2, 0.25) is 0 Å². The molecule has 6 nitrogen and oxygen atoms in total. The third-order valence-electron chi connectivity index (χ3n) is 4.39. The van der Waals surface area contributed by atoms with E-state index in [-0.39, 0.29) is 24.0 Å². The van der Waals surface area contributed by atoms with Crippen LogP contribution in [-0.4, -0.2) is 37.7 Å². The summed E-state index contributed by atoms with van der Waals surface area (Å²) in [7, 11) is 1.71. The fourth-order valence-electron chi connectivity index (χ4n) is 3.06. The minimum absolute atomic E-state index is 0. The SMILES string of the molecule is CCCN=C(NCCc1ccco1)NCCc1c[nH]c2cccc(OC)c12.I. The monoisotopic (exact) mass is 496 g/mol. The van der Waals surface area contributed by atoms with Gasteiger partial charge in [-0.2, -0.15) is 0 Å². The van der Waals surface area contributed by atoms with Crippen LogP contribution in [0, 0.1) is 0 Å². The maximum atomic E-state index is 5.51. The van der Waals surface area contributed by atoms with Gasteiger partial charge in [-0.1, -0.05) is 13.0 Å². The lowest BCUT2D eigenvalue weighted by molar-refractivity contribution is 0.419. The molecule has 0 saturated carbocycles. The van der Waals surface area contributed by atoms with Gasteiger partial charge in [-0.3, -0.25) is 4.99 Å². The summed E-state index contributed by atoms with van der Waals surface area (Å²) in [6, 6.07) is 9.96. The van der Waals surface area contributed by atoms with Crippen LogP contribution in [0.4, 0.5) is 0 Å². The van der Waals surface area contributed by atoms with Crippen LogP contribution < -0.4 is 15.4 Å². The summed E-state index contributed by atoms with van der Waals surface area (Å²) in [6.07, 6.45) is 6.49. The Labute approximate surface area is 183 Å². The van der Waals surface area contributed by atoms with E-state index < -0.39 is 0 Å². The van der Waals surface area contributed by atoms with Gasteiger partial charge in [-0.05, 0) is 42.7 Å². The van der Waals surface area contributed by atoms with Crippen molar-refractivity contribution in [3.63, 3.8) is 0 Å². The molecule has 0 amide bonds. The highest BCUT2D eigenvalue weighted by Crippen LogP contribution is 2.28. The molecule has 3 rings (SSSR count). The maximum absolute atomic E-state index is 5.51. The van der Waals surface area contributed by atoms with Crippen LogP contribution in [0.5, 0.6) is 5.75 Å². The standard InChI is InChI=1S/C21H28N4O2.HI/c1-3-11-22-21(24-13-10-17-6-5-14-27-17)23-12-9-16-15-25-18-7-4-8-19(26-2)20(16)18;/h4-8,14-15,25H,3,9-13H2,1-2H3,(H2,22,23,24);1H. The molecular formula is C21H29IN4O2. The molecule has 2 aromatic heterocycles. The number of methoxy groups -OCH3 is 1. The van der Waals surface area contributed by atoms with E-state index in [0.29, 0.717) is 0 Å². The molecule has 0 fully saturated rings. The van der Waals surface area contributed by atoms with Crippen molar-refractivity contribution in [3.8, 4) is 5.75 Å². The van der Waals surface area contributed by atoms with Crippen molar-refractivity contribution in [2.75, 3.05) is 26.7 Å². The van der Waals surface area contributed by atoms with Crippen molar-refractivity contribution >= 4 is 40.8 Å². The molecular weight excluding hydrogens is 467 g/mol. The summed E-state index contributed by atoms with van der Waals surface area (Å²) in [5, 5.41) is 7.96. The molecule has 1 aromatic carbocycles. The first kappa shape index (κ1) is 22.1. The molecule has 152 valence electrons. The van der Waals surface area contributed by atoms with E-state index in [1.807, 2.05) is 24.3 Å². The lowest BCUT2D eigenvalue weighted by atomic mass is 10.1. The number of benzene rings is 1. The van der Waals surface area contributed by atoms with E-state index in [1.54, 1.807) is 13.4 Å². The molecule has 0 radical (unpaired) electrons. The van der Waals surface area contributed by atoms with Crippen LogP contribution in [0.2, 0.25) is 0 Å². The van der Waals surface area contributed by atoms with Crippen LogP contribution in [0.15, 0.2) is 52.2 Å². The van der Waals surface area contributed by atoms with Gasteiger partial charge in [0.15, 0.2) is 5.96 Å². The van der Waals surface area contributed by atoms with Gasteiger partial charge in [0.1, 0.15) is 11.5 Å². The molecule has 0 saturated heterocycles. The summed E-state index contributed by atoms with van der Waals surface area (Å²) >= 11 is 0. The number of aromatic nitrogens is 1. The Bertz CT molecular complexity index is 859. The molecule has 7 heteroatoms. The van der Waals surface area contributed by atoms with E-state index in [1.165, 1.54) is 5.56 Å². The topological polar surface area (TPSA) is 74.6 Å². The van der Waals surface area contributed by atoms with Gasteiger partial charge < -0.3 is 24.8 Å². The van der Waals surface area contributed by atoms with E-state index in [4.69, 9.17) is 9.15 Å². The molecule has 0 atom stereocenters. The molecule has 3 aromatic rings. The molecule has 3 N–H and O–H groups in total. The Kier molecular flexibility index (Phi) is 9.19. The van der Waals surface area contributed by atoms with E-state index in [9.17, 15) is 0 Å². The normalized spacial score (nSPS) is 11.3. The second-order valence-electron chi connectivity index (χ2n) is 6.36. The van der Waals surface area contributed by atoms with Crippen LogP contribution in [-0.2, 0) is 12.8 Å². The molecule has 0 spiro atoms. The molecule has 0 aliphatic carbocycles. The zero-order valence-corrected chi connectivity index (χ0v) is 18.8. The number of aliphatic imine (C=N–C) groups is 1. The number of guanidine groups is 1. The predicted octanol–water partition coefficient (Wildman–Crippen LogP) is 4.12. The van der Waals surface area contributed by atoms with E-state index >= 15 is 0 Å². The smallest absolute Gasteiger partial charge is 0.191 e. The van der Waals surface area contributed by atoms with Crippen molar-refractivity contribution in [2.24, 2.45) is 4.99 Å². The highest BCUT2D eigenvalue weighted by molar-refractivity contribution is 14.0. The van der Waals surface area contributed by atoms with Gasteiger partial charge in [0, 0.05) is 43.2 Å². The molecule has 28 heavy (non-hydrogen) atoms. The number of rotatable bonds is 9. The average molecular weight is 496 g/mol. The lowest BCUT2D eigenvalue weighted by Crippen LogP contribution is -2.39. The molecule has 2 heterocycles. The number of ether oxygens (including phenoxy) is 1. The molecule has 0 unspecified atom stereocenters. The Morgan fingerprint density at radius 2 is 1.96 bits per heavy atom. The second-order valence-corrected chi connectivity index (χ2v) is 6.36. The maximum Gasteiger partial charge on any atom is 0.191 e. The largest absolute Gasteiger partial charge is 0.496 e. The first-order valence-electron chi connectivity index (χ1n) is 9.49. The van der Waals surface area contributed by atoms with Gasteiger partial charge in [0.25, 0.3) is 0 Å². The zero-order valence-electron chi connectivity index (χ0n) is 16.5. The third-order valence-corrected chi connectivity index (χ3v) is 4.39. The van der Waals surface area contributed by atoms with Gasteiger partial charge in [-0.25, -0.2) is 0 Å². The zero-order chi connectivity index (χ0) is 18.9. The predicted molar refractivity (Wildman–Crippen MR) is 125 cm³/mol. The quantitative estimate of drug-likeness (QED) is 0.237. The van der Waals surface area contributed by atoms with Crippen LogP contribution in [0.1, 0.15) is 24.7 Å². The Balaban J connectivity index is 0.00000280. The van der Waals surface area contributed by atoms with Crippen molar-refractivity contribution in [3.05, 3.63) is 54.1 Å². The Morgan fingerprint density at radius 3 is 2.68 bits per heavy atom. The second kappa shape index (κ2) is 11.6. The molecule has 0 bridgehead atoms. The third kappa shape index (κ3) is 5.92. The summed E-state index contributed by atoms with van der Waals surface area (Å²) < 4.78 is 10.9. The first-order valence-corrected chi connectivity index (χ1v) is 9.49. The van der Waals surface area contributed by atoms with Crippen LogP contribution in [0.25, 0.3) is 10.9 Å². The number of nitrogens with zero attached hydrogens (tertiary/aromatic N) is 1. The summed E-state index contributed by atoms with van der Waals surface area (Å²) in [6.45, 7) is 4.50. The number of halogens is 1. The average Bonchev–Trinajstić information content (AvgIpc) is 3.35. The first-order chi connectivity index (χ1) is 13.3. The number of fused-ring (bicyclic) bond motifs is 1. The van der Waals surface area contributed by atoms with Crippen molar-refractivity contribution in [1.82, 2.24) is 15.6 Å². The fourth-order valence-corrected chi connectivity index (χ4v) is 3.06. The minimum atomic E-state index is 0. The molecule has 0 aliphatic rings. The number of furan rings is 1. The fraction of sp³-hybridized carbons (Fsp3) is 0.381. The summed E-state index contributed by atoms with van der Waals surface area (Å²) in [5.41, 5.74) is 2.33.